The molecule has 5 N–H and O–H groups in total. The van der Waals surface area contributed by atoms with Gasteiger partial charge < -0.3 is 30.7 Å². The fourth-order valence-corrected chi connectivity index (χ4v) is 5.93. The van der Waals surface area contributed by atoms with Crippen molar-refractivity contribution < 1.29 is 28.7 Å². The van der Waals surface area contributed by atoms with E-state index in [1.807, 2.05) is 87.5 Å². The molecular formula is C40H52N6O6. The number of nitrogens with two attached hydrogens (primary N) is 1. The minimum atomic E-state index is -0.316. The van der Waals surface area contributed by atoms with Crippen LogP contribution in [0.25, 0.3) is 22.2 Å². The molecule has 5 rings (SSSR count). The van der Waals surface area contributed by atoms with Crippen molar-refractivity contribution >= 4 is 34.5 Å². The van der Waals surface area contributed by atoms with Crippen LogP contribution >= 0.6 is 0 Å². The van der Waals surface area contributed by atoms with Gasteiger partial charge in [0.2, 0.25) is 17.7 Å². The average Bonchev–Trinajstić information content (AvgIpc) is 3.59. The van der Waals surface area contributed by atoms with Gasteiger partial charge in [-0.15, -0.1) is 0 Å². The van der Waals surface area contributed by atoms with Crippen LogP contribution in [-0.4, -0.2) is 78.6 Å². The number of ether oxygens (including phenoxy) is 2. The van der Waals surface area contributed by atoms with E-state index in [0.29, 0.717) is 50.6 Å². The van der Waals surface area contributed by atoms with E-state index >= 15 is 0 Å². The molecule has 52 heavy (non-hydrogen) atoms. The highest BCUT2D eigenvalue weighted by molar-refractivity contribution is 5.96. The molecular weight excluding hydrogens is 660 g/mol. The van der Waals surface area contributed by atoms with Crippen LogP contribution in [0.2, 0.25) is 0 Å². The van der Waals surface area contributed by atoms with Gasteiger partial charge in [0.25, 0.3) is 5.91 Å². The Morgan fingerprint density at radius 2 is 1.69 bits per heavy atom. The zero-order chi connectivity index (χ0) is 37.5. The van der Waals surface area contributed by atoms with Crippen molar-refractivity contribution in [2.45, 2.75) is 59.3 Å². The molecule has 1 aliphatic heterocycles. The highest BCUT2D eigenvalue weighted by Gasteiger charge is 2.24. The Hall–Kier alpha value is -5.39. The molecule has 4 amide bonds. The summed E-state index contributed by atoms with van der Waals surface area (Å²) in [5, 5.41) is 14.4. The first-order valence-corrected chi connectivity index (χ1v) is 18.0. The van der Waals surface area contributed by atoms with Gasteiger partial charge in [0.05, 0.1) is 30.8 Å². The van der Waals surface area contributed by atoms with Crippen LogP contribution in [0.15, 0.2) is 66.7 Å². The van der Waals surface area contributed by atoms with Gasteiger partial charge >= 0.3 is 0 Å². The van der Waals surface area contributed by atoms with Gasteiger partial charge in [0.15, 0.2) is 0 Å². The van der Waals surface area contributed by atoms with Crippen LogP contribution in [0.4, 0.5) is 0 Å². The number of carbonyl (C=O) groups excluding carboxylic acids is 4. The number of H-pyrrole nitrogens is 1. The Balaban J connectivity index is 0.000000334. The summed E-state index contributed by atoms with van der Waals surface area (Å²) >= 11 is 0. The standard InChI is InChI=1S/C29H39N5O3.C11H13NO3/c1-4-27(36)34(19-21(2)3)20-26(35)30-17-9-5-6-10-18-31-29(37)23-15-13-22(14-16-23)28-24-11-7-8-12-25(24)32-33-28;1-14-9-2-3-10-7(5-9)4-8(6-15-10)11(12)13/h7-8,11-16,21H,4-6,9-10,17-20H2,1-3H3,(H,30,35)(H,31,37)(H,32,33);2-3,5,8H,4,6H2,1H3,(H2,12,13). The Morgan fingerprint density at radius 1 is 0.981 bits per heavy atom. The van der Waals surface area contributed by atoms with Gasteiger partial charge in [0, 0.05) is 42.6 Å². The second-order valence-corrected chi connectivity index (χ2v) is 13.3. The first-order chi connectivity index (χ1) is 25.1. The lowest BCUT2D eigenvalue weighted by atomic mass is 9.96. The summed E-state index contributed by atoms with van der Waals surface area (Å²) in [6, 6.07) is 21.0. The summed E-state index contributed by atoms with van der Waals surface area (Å²) < 4.78 is 10.5. The van der Waals surface area contributed by atoms with Crippen LogP contribution in [-0.2, 0) is 20.8 Å². The number of aromatic nitrogens is 2. The number of amides is 4. The Kier molecular flexibility index (Phi) is 15.0. The van der Waals surface area contributed by atoms with E-state index in [1.54, 1.807) is 12.0 Å². The number of carbonyl (C=O) groups is 4. The number of unbranched alkanes of at least 4 members (excludes halogenated alkanes) is 3. The fraction of sp³-hybridized carbons (Fsp3) is 0.425. The molecule has 0 aliphatic carbocycles. The minimum Gasteiger partial charge on any atom is -0.497 e. The molecule has 0 fully saturated rings. The smallest absolute Gasteiger partial charge is 0.251 e. The quantitative estimate of drug-likeness (QED) is 0.115. The highest BCUT2D eigenvalue weighted by Crippen LogP contribution is 2.30. The summed E-state index contributed by atoms with van der Waals surface area (Å²) in [4.78, 5) is 49.4. The number of benzene rings is 3. The Morgan fingerprint density at radius 3 is 2.37 bits per heavy atom. The number of rotatable bonds is 16. The summed E-state index contributed by atoms with van der Waals surface area (Å²) in [6.45, 7) is 8.18. The van der Waals surface area contributed by atoms with Crippen molar-refractivity contribution in [1.29, 1.82) is 0 Å². The summed E-state index contributed by atoms with van der Waals surface area (Å²) in [5.74, 6) is 1.17. The third kappa shape index (κ3) is 11.6. The number of fused-ring (bicyclic) bond motifs is 2. The van der Waals surface area contributed by atoms with E-state index in [-0.39, 0.29) is 36.1 Å². The monoisotopic (exact) mass is 712 g/mol. The third-order valence-electron chi connectivity index (χ3n) is 8.75. The number of hydrogen-bond donors (Lipinski definition) is 4. The predicted molar refractivity (Wildman–Crippen MR) is 202 cm³/mol. The molecule has 2 heterocycles. The van der Waals surface area contributed by atoms with Crippen molar-refractivity contribution in [3.05, 3.63) is 77.9 Å². The Bertz CT molecular complexity index is 1790. The average molecular weight is 713 g/mol. The minimum absolute atomic E-state index is 0.00753. The maximum absolute atomic E-state index is 12.5. The van der Waals surface area contributed by atoms with Gasteiger partial charge in [-0.25, -0.2) is 0 Å². The molecule has 1 aromatic heterocycles. The van der Waals surface area contributed by atoms with E-state index < -0.39 is 0 Å². The van der Waals surface area contributed by atoms with Gasteiger partial charge in [-0.3, -0.25) is 24.3 Å². The maximum atomic E-state index is 12.5. The summed E-state index contributed by atoms with van der Waals surface area (Å²) in [5.41, 5.74) is 9.67. The van der Waals surface area contributed by atoms with Crippen molar-refractivity contribution in [1.82, 2.24) is 25.7 Å². The van der Waals surface area contributed by atoms with Crippen LogP contribution in [0.1, 0.15) is 68.8 Å². The van der Waals surface area contributed by atoms with Crippen molar-refractivity contribution in [2.24, 2.45) is 17.6 Å². The largest absolute Gasteiger partial charge is 0.497 e. The molecule has 4 aromatic rings. The van der Waals surface area contributed by atoms with Crippen molar-refractivity contribution in [3.63, 3.8) is 0 Å². The maximum Gasteiger partial charge on any atom is 0.251 e. The molecule has 1 aliphatic rings. The third-order valence-corrected chi connectivity index (χ3v) is 8.75. The lowest BCUT2D eigenvalue weighted by molar-refractivity contribution is -0.136. The Labute approximate surface area is 305 Å². The molecule has 3 aromatic carbocycles. The molecule has 0 saturated heterocycles. The number of nitrogens with one attached hydrogen (secondary N) is 3. The predicted octanol–water partition coefficient (Wildman–Crippen LogP) is 5.26. The van der Waals surface area contributed by atoms with Gasteiger partial charge in [0.1, 0.15) is 18.1 Å². The van der Waals surface area contributed by atoms with E-state index in [4.69, 9.17) is 15.2 Å². The van der Waals surface area contributed by atoms with Gasteiger partial charge in [-0.05, 0) is 67.1 Å². The van der Waals surface area contributed by atoms with E-state index in [0.717, 1.165) is 64.9 Å². The molecule has 0 saturated carbocycles. The first kappa shape index (κ1) is 39.4. The fourth-order valence-electron chi connectivity index (χ4n) is 5.93. The van der Waals surface area contributed by atoms with Gasteiger partial charge in [-0.1, -0.05) is 63.9 Å². The topological polar surface area (TPSA) is 169 Å². The van der Waals surface area contributed by atoms with Crippen molar-refractivity contribution in [3.8, 4) is 22.8 Å². The lowest BCUT2D eigenvalue weighted by Crippen LogP contribution is -2.42. The number of hydrogen-bond acceptors (Lipinski definition) is 7. The van der Waals surface area contributed by atoms with Gasteiger partial charge in [-0.2, -0.15) is 5.10 Å². The molecule has 0 radical (unpaired) electrons. The lowest BCUT2D eigenvalue weighted by Gasteiger charge is -2.23. The molecule has 12 heteroatoms. The van der Waals surface area contributed by atoms with E-state index in [9.17, 15) is 19.2 Å². The van der Waals surface area contributed by atoms with E-state index in [1.165, 1.54) is 0 Å². The second kappa shape index (κ2) is 19.9. The highest BCUT2D eigenvalue weighted by atomic mass is 16.5. The number of methoxy groups -OCH3 is 1. The molecule has 1 atom stereocenters. The molecule has 0 spiro atoms. The number of para-hydroxylation sites is 1. The molecule has 278 valence electrons. The normalized spacial score (nSPS) is 13.3. The molecule has 1 unspecified atom stereocenters. The van der Waals surface area contributed by atoms with Crippen LogP contribution in [0, 0.1) is 11.8 Å². The second-order valence-electron chi connectivity index (χ2n) is 13.3. The number of nitrogens with zero attached hydrogens (tertiary/aromatic N) is 2. The summed E-state index contributed by atoms with van der Waals surface area (Å²) in [6.07, 6.45) is 4.71. The zero-order valence-electron chi connectivity index (χ0n) is 30.7. The number of primary amides is 1. The number of aromatic amines is 1. The van der Waals surface area contributed by atoms with E-state index in [2.05, 4.69) is 20.8 Å². The SMILES string of the molecule is CCC(=O)N(CC(=O)NCCCCCCNC(=O)c1ccc(-c2n[nH]c3ccccc23)cc1)CC(C)C.COc1ccc2c(c1)CC(C(N)=O)CO2. The first-order valence-electron chi connectivity index (χ1n) is 18.0. The summed E-state index contributed by atoms with van der Waals surface area (Å²) in [7, 11) is 1.61. The zero-order valence-corrected chi connectivity index (χ0v) is 30.7. The van der Waals surface area contributed by atoms with Crippen molar-refractivity contribution in [2.75, 3.05) is 39.9 Å². The molecule has 12 nitrogen and oxygen atoms in total. The van der Waals surface area contributed by atoms with Crippen LogP contribution < -0.4 is 25.8 Å². The van der Waals surface area contributed by atoms with Crippen LogP contribution in [0.3, 0.4) is 0 Å². The van der Waals surface area contributed by atoms with Crippen LogP contribution in [0.5, 0.6) is 11.5 Å². The molecule has 0 bridgehead atoms.